The van der Waals surface area contributed by atoms with Crippen LogP contribution in [0.2, 0.25) is 5.02 Å². The van der Waals surface area contributed by atoms with E-state index in [-0.39, 0.29) is 0 Å². The summed E-state index contributed by atoms with van der Waals surface area (Å²) in [5.41, 5.74) is 0.934. The third-order valence-electron chi connectivity index (χ3n) is 3.51. The summed E-state index contributed by atoms with van der Waals surface area (Å²) in [6.07, 6.45) is 5.13. The Morgan fingerprint density at radius 2 is 2.11 bits per heavy atom. The molecule has 1 aliphatic rings. The van der Waals surface area contributed by atoms with Gasteiger partial charge in [0.25, 0.3) is 0 Å². The van der Waals surface area contributed by atoms with Crippen molar-refractivity contribution in [1.82, 2.24) is 5.32 Å². The SMILES string of the molecule is CC1CCCCC1NC(=S)Nc1cccc(Cl)c1. The molecule has 4 heteroatoms. The Labute approximate surface area is 119 Å². The van der Waals surface area contributed by atoms with Gasteiger partial charge in [0.2, 0.25) is 0 Å². The number of hydrogen-bond donors (Lipinski definition) is 2. The Morgan fingerprint density at radius 1 is 1.33 bits per heavy atom. The third-order valence-corrected chi connectivity index (χ3v) is 3.97. The van der Waals surface area contributed by atoms with Crippen LogP contribution in [0.3, 0.4) is 0 Å². The van der Waals surface area contributed by atoms with Crippen molar-refractivity contribution in [3.05, 3.63) is 29.3 Å². The van der Waals surface area contributed by atoms with Gasteiger partial charge in [0.15, 0.2) is 5.11 Å². The molecular weight excluding hydrogens is 264 g/mol. The van der Waals surface area contributed by atoms with Crippen LogP contribution in [-0.4, -0.2) is 11.2 Å². The average molecular weight is 283 g/mol. The normalized spacial score (nSPS) is 23.4. The van der Waals surface area contributed by atoms with E-state index in [0.717, 1.165) is 5.69 Å². The fourth-order valence-corrected chi connectivity index (χ4v) is 2.89. The predicted octanol–water partition coefficient (Wildman–Crippen LogP) is 4.21. The molecule has 98 valence electrons. The third kappa shape index (κ3) is 3.85. The standard InChI is InChI=1S/C14H19ClN2S/c1-10-5-2-3-8-13(10)17-14(18)16-12-7-4-6-11(15)9-12/h4,6-7,9-10,13H,2-3,5,8H2,1H3,(H2,16,17,18). The van der Waals surface area contributed by atoms with Crippen molar-refractivity contribution in [1.29, 1.82) is 0 Å². The van der Waals surface area contributed by atoms with Crippen LogP contribution in [0.5, 0.6) is 0 Å². The highest BCUT2D eigenvalue weighted by Crippen LogP contribution is 2.24. The second kappa shape index (κ2) is 6.39. The van der Waals surface area contributed by atoms with E-state index in [2.05, 4.69) is 17.6 Å². The van der Waals surface area contributed by atoms with Gasteiger partial charge in [-0.25, -0.2) is 0 Å². The average Bonchev–Trinajstić information content (AvgIpc) is 2.32. The molecule has 0 amide bonds. The number of benzene rings is 1. The van der Waals surface area contributed by atoms with Crippen LogP contribution in [0, 0.1) is 5.92 Å². The summed E-state index contributed by atoms with van der Waals surface area (Å²) in [5.74, 6) is 0.692. The summed E-state index contributed by atoms with van der Waals surface area (Å²) in [5, 5.41) is 8.01. The molecule has 1 aliphatic carbocycles. The Morgan fingerprint density at radius 3 is 2.83 bits per heavy atom. The van der Waals surface area contributed by atoms with Crippen molar-refractivity contribution >= 4 is 34.6 Å². The quantitative estimate of drug-likeness (QED) is 0.795. The van der Waals surface area contributed by atoms with E-state index in [4.69, 9.17) is 23.8 Å². The van der Waals surface area contributed by atoms with Crippen LogP contribution in [0.25, 0.3) is 0 Å². The van der Waals surface area contributed by atoms with Gasteiger partial charge in [-0.2, -0.15) is 0 Å². The zero-order valence-corrected chi connectivity index (χ0v) is 12.2. The molecule has 1 fully saturated rings. The first-order valence-electron chi connectivity index (χ1n) is 6.48. The van der Waals surface area contributed by atoms with Gasteiger partial charge < -0.3 is 10.6 Å². The number of rotatable bonds is 2. The van der Waals surface area contributed by atoms with Crippen LogP contribution in [0.1, 0.15) is 32.6 Å². The van der Waals surface area contributed by atoms with Crippen molar-refractivity contribution in [2.45, 2.75) is 38.6 Å². The van der Waals surface area contributed by atoms with Crippen molar-refractivity contribution in [3.8, 4) is 0 Å². The van der Waals surface area contributed by atoms with Gasteiger partial charge in [-0.05, 0) is 49.2 Å². The topological polar surface area (TPSA) is 24.1 Å². The monoisotopic (exact) mass is 282 g/mol. The largest absolute Gasteiger partial charge is 0.359 e. The van der Waals surface area contributed by atoms with E-state index in [1.54, 1.807) is 0 Å². The Balaban J connectivity index is 1.88. The van der Waals surface area contributed by atoms with E-state index >= 15 is 0 Å². The van der Waals surface area contributed by atoms with E-state index in [9.17, 15) is 0 Å². The molecule has 1 aromatic carbocycles. The Bertz CT molecular complexity index is 422. The van der Waals surface area contributed by atoms with E-state index in [1.807, 2.05) is 24.3 Å². The van der Waals surface area contributed by atoms with Crippen molar-refractivity contribution in [2.24, 2.45) is 5.92 Å². The van der Waals surface area contributed by atoms with Crippen molar-refractivity contribution < 1.29 is 0 Å². The minimum atomic E-state index is 0.498. The molecule has 2 atom stereocenters. The molecule has 1 aromatic rings. The number of nitrogens with one attached hydrogen (secondary N) is 2. The molecule has 2 unspecified atom stereocenters. The molecule has 18 heavy (non-hydrogen) atoms. The first-order valence-corrected chi connectivity index (χ1v) is 7.27. The fraction of sp³-hybridized carbons (Fsp3) is 0.500. The second-order valence-electron chi connectivity index (χ2n) is 4.98. The first-order chi connectivity index (χ1) is 8.65. The lowest BCUT2D eigenvalue weighted by Crippen LogP contribution is -2.43. The summed E-state index contributed by atoms with van der Waals surface area (Å²) in [6, 6.07) is 8.10. The molecule has 2 rings (SSSR count). The van der Waals surface area contributed by atoms with Crippen molar-refractivity contribution in [2.75, 3.05) is 5.32 Å². The zero-order valence-electron chi connectivity index (χ0n) is 10.6. The van der Waals surface area contributed by atoms with Crippen molar-refractivity contribution in [3.63, 3.8) is 0 Å². The molecule has 0 spiro atoms. The molecule has 0 aliphatic heterocycles. The number of thiocarbonyl (C=S) groups is 1. The molecule has 1 saturated carbocycles. The van der Waals surface area contributed by atoms with E-state index < -0.39 is 0 Å². The summed E-state index contributed by atoms with van der Waals surface area (Å²) < 4.78 is 0. The maximum absolute atomic E-state index is 5.94. The highest BCUT2D eigenvalue weighted by molar-refractivity contribution is 7.80. The Kier molecular flexibility index (Phi) is 4.84. The summed E-state index contributed by atoms with van der Waals surface area (Å²) in [7, 11) is 0. The summed E-state index contributed by atoms with van der Waals surface area (Å²) >= 11 is 11.3. The zero-order chi connectivity index (χ0) is 13.0. The molecule has 0 aromatic heterocycles. The van der Waals surface area contributed by atoms with Gasteiger partial charge in [-0.3, -0.25) is 0 Å². The smallest absolute Gasteiger partial charge is 0.171 e. The molecule has 2 nitrogen and oxygen atoms in total. The van der Waals surface area contributed by atoms with Gasteiger partial charge in [-0.15, -0.1) is 0 Å². The van der Waals surface area contributed by atoms with Gasteiger partial charge in [-0.1, -0.05) is 37.4 Å². The fourth-order valence-electron chi connectivity index (χ4n) is 2.43. The summed E-state index contributed by atoms with van der Waals surface area (Å²) in [6.45, 7) is 2.29. The minimum absolute atomic E-state index is 0.498. The lowest BCUT2D eigenvalue weighted by Gasteiger charge is -2.30. The molecule has 0 bridgehead atoms. The summed E-state index contributed by atoms with van der Waals surface area (Å²) in [4.78, 5) is 0. The highest BCUT2D eigenvalue weighted by Gasteiger charge is 2.21. The molecule has 0 saturated heterocycles. The van der Waals surface area contributed by atoms with Crippen LogP contribution < -0.4 is 10.6 Å². The highest BCUT2D eigenvalue weighted by atomic mass is 35.5. The van der Waals surface area contributed by atoms with Crippen LogP contribution in [0.4, 0.5) is 5.69 Å². The van der Waals surface area contributed by atoms with Crippen LogP contribution in [-0.2, 0) is 0 Å². The van der Waals surface area contributed by atoms with Gasteiger partial charge in [0.1, 0.15) is 0 Å². The lowest BCUT2D eigenvalue weighted by atomic mass is 9.86. The number of halogens is 1. The van der Waals surface area contributed by atoms with Gasteiger partial charge >= 0.3 is 0 Å². The predicted molar refractivity (Wildman–Crippen MR) is 82.2 cm³/mol. The maximum atomic E-state index is 5.94. The van der Waals surface area contributed by atoms with Gasteiger partial charge in [0.05, 0.1) is 0 Å². The maximum Gasteiger partial charge on any atom is 0.171 e. The second-order valence-corrected chi connectivity index (χ2v) is 5.82. The number of anilines is 1. The molecule has 0 radical (unpaired) electrons. The molecular formula is C14H19ClN2S. The lowest BCUT2D eigenvalue weighted by molar-refractivity contribution is 0.309. The number of hydrogen-bond acceptors (Lipinski definition) is 1. The van der Waals surface area contributed by atoms with Gasteiger partial charge in [0, 0.05) is 16.8 Å². The Hall–Kier alpha value is -0.800. The van der Waals surface area contributed by atoms with E-state index in [1.165, 1.54) is 25.7 Å². The van der Waals surface area contributed by atoms with E-state index in [0.29, 0.717) is 22.1 Å². The van der Waals surface area contributed by atoms with Crippen LogP contribution in [0.15, 0.2) is 24.3 Å². The molecule has 0 heterocycles. The molecule has 2 N–H and O–H groups in total. The van der Waals surface area contributed by atoms with Crippen LogP contribution >= 0.6 is 23.8 Å². The first kappa shape index (κ1) is 13.6. The minimum Gasteiger partial charge on any atom is -0.359 e.